The van der Waals surface area contributed by atoms with E-state index in [0.29, 0.717) is 0 Å². The van der Waals surface area contributed by atoms with Gasteiger partial charge in [0, 0.05) is 24.3 Å². The van der Waals surface area contributed by atoms with Gasteiger partial charge in [0.05, 0.1) is 10.7 Å². The number of nitrogens with one attached hydrogen (secondary N) is 1. The molecule has 0 aliphatic carbocycles. The first-order chi connectivity index (χ1) is 6.75. The lowest BCUT2D eigenvalue weighted by Gasteiger charge is -2.20. The maximum atomic E-state index is 11.5. The van der Waals surface area contributed by atoms with Gasteiger partial charge in [-0.25, -0.2) is 4.98 Å². The van der Waals surface area contributed by atoms with Gasteiger partial charge in [-0.1, -0.05) is 0 Å². The van der Waals surface area contributed by atoms with Crippen molar-refractivity contribution in [3.05, 3.63) is 16.1 Å². The van der Waals surface area contributed by atoms with E-state index in [9.17, 15) is 4.79 Å². The lowest BCUT2D eigenvalue weighted by atomic mass is 9.94. The number of hydrogen-bond donors (Lipinski definition) is 1. The number of nitrogens with zero attached hydrogens (tertiary/aromatic N) is 1. The minimum absolute atomic E-state index is 0.144. The van der Waals surface area contributed by atoms with Crippen LogP contribution in [0.2, 0.25) is 0 Å². The van der Waals surface area contributed by atoms with E-state index in [1.807, 2.05) is 6.92 Å². The molecule has 1 N–H and O–H groups in total. The molecule has 1 aromatic heterocycles. The molecule has 1 saturated heterocycles. The van der Waals surface area contributed by atoms with E-state index in [1.165, 1.54) is 0 Å². The Hall–Kier alpha value is -0.900. The highest BCUT2D eigenvalue weighted by atomic mass is 32.1. The molecule has 1 aromatic rings. The molecule has 1 fully saturated rings. The number of carbonyl (C=O) groups is 1. The topological polar surface area (TPSA) is 42.0 Å². The zero-order chi connectivity index (χ0) is 9.97. The Morgan fingerprint density at radius 2 is 2.57 bits per heavy atom. The molecule has 1 aliphatic heterocycles. The van der Waals surface area contributed by atoms with Crippen molar-refractivity contribution in [2.75, 3.05) is 6.54 Å². The second kappa shape index (κ2) is 4.09. The summed E-state index contributed by atoms with van der Waals surface area (Å²) in [4.78, 5) is 15.8. The molecular formula is C10H14N2OS. The molecule has 2 rings (SSSR count). The summed E-state index contributed by atoms with van der Waals surface area (Å²) in [5, 5.41) is 6.03. The Balaban J connectivity index is 1.99. The molecule has 4 heteroatoms. The highest BCUT2D eigenvalue weighted by Gasteiger charge is 2.22. The molecule has 0 aromatic carbocycles. The van der Waals surface area contributed by atoms with E-state index < -0.39 is 0 Å². The van der Waals surface area contributed by atoms with Gasteiger partial charge >= 0.3 is 0 Å². The van der Waals surface area contributed by atoms with Gasteiger partial charge in [-0.2, -0.15) is 0 Å². The van der Waals surface area contributed by atoms with E-state index in [4.69, 9.17) is 0 Å². The van der Waals surface area contributed by atoms with Crippen molar-refractivity contribution < 1.29 is 4.79 Å². The van der Waals surface area contributed by atoms with E-state index >= 15 is 0 Å². The zero-order valence-corrected chi connectivity index (χ0v) is 9.06. The van der Waals surface area contributed by atoms with Gasteiger partial charge in [-0.15, -0.1) is 11.3 Å². The number of aromatic nitrogens is 1. The van der Waals surface area contributed by atoms with Crippen LogP contribution in [0.15, 0.2) is 5.38 Å². The fraction of sp³-hybridized carbons (Fsp3) is 0.600. The van der Waals surface area contributed by atoms with Crippen LogP contribution >= 0.6 is 11.3 Å². The molecular weight excluding hydrogens is 196 g/mol. The first-order valence-electron chi connectivity index (χ1n) is 4.94. The van der Waals surface area contributed by atoms with Crippen LogP contribution in [-0.2, 0) is 11.2 Å². The van der Waals surface area contributed by atoms with E-state index in [2.05, 4.69) is 15.7 Å². The quantitative estimate of drug-likeness (QED) is 0.804. The van der Waals surface area contributed by atoms with Crippen LogP contribution in [0.4, 0.5) is 0 Å². The molecule has 76 valence electrons. The third-order valence-electron chi connectivity index (χ3n) is 2.52. The molecule has 0 bridgehead atoms. The summed E-state index contributed by atoms with van der Waals surface area (Å²) in [6.07, 6.45) is 2.90. The first-order valence-corrected chi connectivity index (χ1v) is 5.82. The maximum Gasteiger partial charge on any atom is 0.223 e. The molecule has 1 aliphatic rings. The predicted octanol–water partition coefficient (Wildman–Crippen LogP) is 1.52. The van der Waals surface area contributed by atoms with E-state index in [-0.39, 0.29) is 11.8 Å². The van der Waals surface area contributed by atoms with Gasteiger partial charge in [0.1, 0.15) is 0 Å². The van der Waals surface area contributed by atoms with Crippen LogP contribution in [-0.4, -0.2) is 17.4 Å². The summed E-state index contributed by atoms with van der Waals surface area (Å²) in [7, 11) is 0. The number of rotatable bonds is 2. The van der Waals surface area contributed by atoms with Crippen LogP contribution in [0, 0.1) is 12.8 Å². The van der Waals surface area contributed by atoms with E-state index in [1.54, 1.807) is 11.3 Å². The molecule has 0 saturated carbocycles. The summed E-state index contributed by atoms with van der Waals surface area (Å²) in [5.41, 5.74) is 1.06. The minimum Gasteiger partial charge on any atom is -0.356 e. The first kappa shape index (κ1) is 9.65. The number of carbonyl (C=O) groups excluding carboxylic acids is 1. The summed E-state index contributed by atoms with van der Waals surface area (Å²) in [6.45, 7) is 2.83. The van der Waals surface area contributed by atoms with Crippen LogP contribution in [0.1, 0.15) is 23.5 Å². The number of thiazole rings is 1. The van der Waals surface area contributed by atoms with Crippen molar-refractivity contribution >= 4 is 17.2 Å². The molecule has 0 spiro atoms. The number of hydrogen-bond acceptors (Lipinski definition) is 3. The van der Waals surface area contributed by atoms with Gasteiger partial charge in [0.25, 0.3) is 0 Å². The Morgan fingerprint density at radius 1 is 1.71 bits per heavy atom. The Bertz CT molecular complexity index is 335. The Labute approximate surface area is 87.6 Å². The van der Waals surface area contributed by atoms with Gasteiger partial charge in [-0.3, -0.25) is 4.79 Å². The summed E-state index contributed by atoms with van der Waals surface area (Å²) < 4.78 is 0. The second-order valence-electron chi connectivity index (χ2n) is 3.69. The normalized spacial score (nSPS) is 22.1. The summed E-state index contributed by atoms with van der Waals surface area (Å²) >= 11 is 1.65. The molecule has 1 unspecified atom stereocenters. The van der Waals surface area contributed by atoms with Crippen molar-refractivity contribution in [3.63, 3.8) is 0 Å². The number of piperidine rings is 1. The zero-order valence-electron chi connectivity index (χ0n) is 8.25. The van der Waals surface area contributed by atoms with Gasteiger partial charge in [-0.05, 0) is 19.8 Å². The monoisotopic (exact) mass is 210 g/mol. The standard InChI is InChI=1S/C10H14N2OS/c1-7-12-9(6-14-7)5-8-3-2-4-11-10(8)13/h6,8H,2-5H2,1H3,(H,11,13). The third kappa shape index (κ3) is 2.12. The van der Waals surface area contributed by atoms with Crippen LogP contribution < -0.4 is 5.32 Å². The van der Waals surface area contributed by atoms with Crippen molar-refractivity contribution in [2.24, 2.45) is 5.92 Å². The Morgan fingerprint density at radius 3 is 3.21 bits per heavy atom. The molecule has 14 heavy (non-hydrogen) atoms. The Kier molecular flexibility index (Phi) is 2.82. The summed E-state index contributed by atoms with van der Waals surface area (Å²) in [5.74, 6) is 0.340. The van der Waals surface area contributed by atoms with Crippen LogP contribution in [0.25, 0.3) is 0 Å². The van der Waals surface area contributed by atoms with Crippen LogP contribution in [0.3, 0.4) is 0 Å². The van der Waals surface area contributed by atoms with Crippen molar-refractivity contribution in [1.29, 1.82) is 0 Å². The smallest absolute Gasteiger partial charge is 0.223 e. The lowest BCUT2D eigenvalue weighted by Crippen LogP contribution is -2.37. The third-order valence-corrected chi connectivity index (χ3v) is 3.34. The lowest BCUT2D eigenvalue weighted by molar-refractivity contribution is -0.126. The minimum atomic E-state index is 0.144. The van der Waals surface area contributed by atoms with E-state index in [0.717, 1.165) is 36.5 Å². The average molecular weight is 210 g/mol. The highest BCUT2D eigenvalue weighted by Crippen LogP contribution is 2.18. The predicted molar refractivity (Wildman–Crippen MR) is 56.3 cm³/mol. The molecule has 3 nitrogen and oxygen atoms in total. The van der Waals surface area contributed by atoms with Gasteiger partial charge < -0.3 is 5.32 Å². The fourth-order valence-corrected chi connectivity index (χ4v) is 2.41. The van der Waals surface area contributed by atoms with Gasteiger partial charge in [0.2, 0.25) is 5.91 Å². The van der Waals surface area contributed by atoms with Crippen LogP contribution in [0.5, 0.6) is 0 Å². The average Bonchev–Trinajstić information content (AvgIpc) is 2.56. The van der Waals surface area contributed by atoms with Crippen molar-refractivity contribution in [2.45, 2.75) is 26.2 Å². The molecule has 1 amide bonds. The number of aryl methyl sites for hydroxylation is 1. The fourth-order valence-electron chi connectivity index (χ4n) is 1.78. The van der Waals surface area contributed by atoms with Crippen molar-refractivity contribution in [1.82, 2.24) is 10.3 Å². The largest absolute Gasteiger partial charge is 0.356 e. The van der Waals surface area contributed by atoms with Crippen molar-refractivity contribution in [3.8, 4) is 0 Å². The SMILES string of the molecule is Cc1nc(CC2CCCNC2=O)cs1. The molecule has 1 atom stereocenters. The molecule has 0 radical (unpaired) electrons. The highest BCUT2D eigenvalue weighted by molar-refractivity contribution is 7.09. The number of amides is 1. The second-order valence-corrected chi connectivity index (χ2v) is 4.75. The summed E-state index contributed by atoms with van der Waals surface area (Å²) in [6, 6.07) is 0. The molecule has 2 heterocycles. The van der Waals surface area contributed by atoms with Gasteiger partial charge in [0.15, 0.2) is 0 Å². The maximum absolute atomic E-state index is 11.5.